The smallest absolute Gasteiger partial charge is 0.251 e. The molecule has 9 nitrogen and oxygen atoms in total. The summed E-state index contributed by atoms with van der Waals surface area (Å²) < 4.78 is 16.3. The maximum Gasteiger partial charge on any atom is 0.251 e. The summed E-state index contributed by atoms with van der Waals surface area (Å²) in [7, 11) is 1.64. The molecule has 1 unspecified atom stereocenters. The van der Waals surface area contributed by atoms with Gasteiger partial charge in [0.25, 0.3) is 5.91 Å². The Morgan fingerprint density at radius 3 is 2.80 bits per heavy atom. The summed E-state index contributed by atoms with van der Waals surface area (Å²) in [5.74, 6) is 1.55. The molecular weight excluding hydrogens is 386 g/mol. The number of nitrogens with one attached hydrogen (secondary N) is 1. The molecule has 1 aromatic rings. The number of hydrogen-bond donors (Lipinski definition) is 1. The summed E-state index contributed by atoms with van der Waals surface area (Å²) in [5, 5.41) is 3.36. The summed E-state index contributed by atoms with van der Waals surface area (Å²) in [6, 6.07) is 3.86. The van der Waals surface area contributed by atoms with E-state index in [1.807, 2.05) is 17.0 Å². The van der Waals surface area contributed by atoms with Crippen molar-refractivity contribution >= 4 is 11.9 Å². The highest BCUT2D eigenvalue weighted by atomic mass is 16.5. The third-order valence-corrected chi connectivity index (χ3v) is 5.21. The Balaban J connectivity index is 1.58. The van der Waals surface area contributed by atoms with Gasteiger partial charge >= 0.3 is 0 Å². The van der Waals surface area contributed by atoms with Crippen molar-refractivity contribution in [3.8, 4) is 5.88 Å². The monoisotopic (exact) mass is 419 g/mol. The molecule has 0 bridgehead atoms. The molecule has 0 spiro atoms. The van der Waals surface area contributed by atoms with Crippen LogP contribution in [0.1, 0.15) is 25.3 Å². The van der Waals surface area contributed by atoms with E-state index in [0.717, 1.165) is 44.0 Å². The minimum Gasteiger partial charge on any atom is -0.475 e. The van der Waals surface area contributed by atoms with Crippen LogP contribution in [-0.2, 0) is 20.8 Å². The summed E-state index contributed by atoms with van der Waals surface area (Å²) in [4.78, 5) is 25.8. The molecule has 0 radical (unpaired) electrons. The van der Waals surface area contributed by atoms with Gasteiger partial charge in [0.15, 0.2) is 5.96 Å². The fourth-order valence-corrected chi connectivity index (χ4v) is 3.60. The molecular formula is C21H33N5O4. The molecule has 2 aliphatic heterocycles. The Kier molecular flexibility index (Phi) is 8.70. The standard InChI is InChI=1S/C21H33N5O4/c1-3-22-21(24-16-17-6-4-8-23-19(17)30-15-14-28-2)26-11-9-25(10-12-26)20(27)18-7-5-13-29-18/h4,6,8,18H,3,5,7,9-16H2,1-2H3,(H,22,24). The third-order valence-electron chi connectivity index (χ3n) is 5.21. The first-order valence-electron chi connectivity index (χ1n) is 10.7. The van der Waals surface area contributed by atoms with Crippen LogP contribution in [0.5, 0.6) is 5.88 Å². The number of hydrogen-bond acceptors (Lipinski definition) is 6. The Labute approximate surface area is 178 Å². The second-order valence-electron chi connectivity index (χ2n) is 7.29. The Morgan fingerprint density at radius 2 is 2.10 bits per heavy atom. The van der Waals surface area contributed by atoms with E-state index in [0.29, 0.717) is 45.3 Å². The summed E-state index contributed by atoms with van der Waals surface area (Å²) in [6.45, 7) is 7.80. The van der Waals surface area contributed by atoms with Gasteiger partial charge in [-0.1, -0.05) is 6.07 Å². The third kappa shape index (κ3) is 6.06. The highest BCUT2D eigenvalue weighted by molar-refractivity contribution is 5.82. The molecule has 2 saturated heterocycles. The number of methoxy groups -OCH3 is 1. The van der Waals surface area contributed by atoms with Gasteiger partial charge in [0.05, 0.1) is 13.2 Å². The van der Waals surface area contributed by atoms with Crippen molar-refractivity contribution in [2.75, 3.05) is 59.7 Å². The first-order valence-corrected chi connectivity index (χ1v) is 10.7. The topological polar surface area (TPSA) is 88.5 Å². The van der Waals surface area contributed by atoms with Gasteiger partial charge in [-0.05, 0) is 25.8 Å². The van der Waals surface area contributed by atoms with Gasteiger partial charge in [0.1, 0.15) is 12.7 Å². The molecule has 0 aliphatic carbocycles. The quantitative estimate of drug-likeness (QED) is 0.380. The molecule has 2 aliphatic rings. The minimum atomic E-state index is -0.249. The lowest BCUT2D eigenvalue weighted by Crippen LogP contribution is -2.55. The lowest BCUT2D eigenvalue weighted by Gasteiger charge is -2.37. The van der Waals surface area contributed by atoms with Crippen LogP contribution in [-0.4, -0.2) is 92.4 Å². The highest BCUT2D eigenvalue weighted by Gasteiger charge is 2.30. The molecule has 9 heteroatoms. The Bertz CT molecular complexity index is 700. The van der Waals surface area contributed by atoms with Crippen LogP contribution in [0.15, 0.2) is 23.3 Å². The van der Waals surface area contributed by atoms with Gasteiger partial charge in [0.2, 0.25) is 5.88 Å². The molecule has 3 rings (SSSR count). The molecule has 1 amide bonds. The van der Waals surface area contributed by atoms with E-state index in [2.05, 4.69) is 22.1 Å². The predicted octanol–water partition coefficient (Wildman–Crippen LogP) is 0.896. The number of guanidine groups is 1. The Hall–Kier alpha value is -2.39. The number of amides is 1. The zero-order chi connectivity index (χ0) is 21.2. The largest absolute Gasteiger partial charge is 0.475 e. The van der Waals surface area contributed by atoms with Crippen molar-refractivity contribution in [1.82, 2.24) is 20.1 Å². The van der Waals surface area contributed by atoms with Crippen LogP contribution in [0.25, 0.3) is 0 Å². The SMILES string of the molecule is CCNC(=NCc1cccnc1OCCOC)N1CCN(C(=O)C2CCCO2)CC1. The maximum absolute atomic E-state index is 12.6. The zero-order valence-corrected chi connectivity index (χ0v) is 18.0. The summed E-state index contributed by atoms with van der Waals surface area (Å²) in [6.07, 6.45) is 3.27. The van der Waals surface area contributed by atoms with Crippen molar-refractivity contribution < 1.29 is 19.0 Å². The zero-order valence-electron chi connectivity index (χ0n) is 18.0. The molecule has 1 aromatic heterocycles. The van der Waals surface area contributed by atoms with Gasteiger partial charge in [-0.15, -0.1) is 0 Å². The first kappa shape index (κ1) is 22.3. The summed E-state index contributed by atoms with van der Waals surface area (Å²) in [5.41, 5.74) is 0.927. The van der Waals surface area contributed by atoms with Crippen LogP contribution in [0, 0.1) is 0 Å². The fraction of sp³-hybridized carbons (Fsp3) is 0.667. The van der Waals surface area contributed by atoms with E-state index in [-0.39, 0.29) is 12.0 Å². The second-order valence-corrected chi connectivity index (χ2v) is 7.29. The molecule has 0 aromatic carbocycles. The van der Waals surface area contributed by atoms with Crippen molar-refractivity contribution in [3.63, 3.8) is 0 Å². The van der Waals surface area contributed by atoms with Gasteiger partial charge in [0, 0.05) is 58.2 Å². The molecule has 30 heavy (non-hydrogen) atoms. The second kappa shape index (κ2) is 11.7. The lowest BCUT2D eigenvalue weighted by molar-refractivity contribution is -0.142. The number of carbonyl (C=O) groups is 1. The number of carbonyl (C=O) groups excluding carboxylic acids is 1. The van der Waals surface area contributed by atoms with E-state index in [1.165, 1.54) is 0 Å². The van der Waals surface area contributed by atoms with Gasteiger partial charge in [-0.3, -0.25) is 4.79 Å². The van der Waals surface area contributed by atoms with E-state index in [1.54, 1.807) is 13.3 Å². The molecule has 2 fully saturated rings. The molecule has 1 atom stereocenters. The number of aromatic nitrogens is 1. The highest BCUT2D eigenvalue weighted by Crippen LogP contribution is 2.17. The summed E-state index contributed by atoms with van der Waals surface area (Å²) >= 11 is 0. The van der Waals surface area contributed by atoms with Gasteiger partial charge < -0.3 is 29.3 Å². The fourth-order valence-electron chi connectivity index (χ4n) is 3.60. The van der Waals surface area contributed by atoms with Crippen LogP contribution >= 0.6 is 0 Å². The number of aliphatic imine (C=N–C) groups is 1. The molecule has 166 valence electrons. The molecule has 0 saturated carbocycles. The van der Waals surface area contributed by atoms with Crippen molar-refractivity contribution in [2.45, 2.75) is 32.4 Å². The molecule has 1 N–H and O–H groups in total. The Morgan fingerprint density at radius 1 is 1.30 bits per heavy atom. The van der Waals surface area contributed by atoms with Gasteiger partial charge in [-0.2, -0.15) is 0 Å². The number of rotatable bonds is 8. The number of piperazine rings is 1. The van der Waals surface area contributed by atoms with Crippen LogP contribution < -0.4 is 10.1 Å². The predicted molar refractivity (Wildman–Crippen MR) is 114 cm³/mol. The average molecular weight is 420 g/mol. The van der Waals surface area contributed by atoms with Crippen LogP contribution in [0.2, 0.25) is 0 Å². The van der Waals surface area contributed by atoms with Crippen molar-refractivity contribution in [1.29, 1.82) is 0 Å². The average Bonchev–Trinajstić information content (AvgIpc) is 3.32. The number of nitrogens with zero attached hydrogens (tertiary/aromatic N) is 4. The molecule has 3 heterocycles. The van der Waals surface area contributed by atoms with Crippen molar-refractivity contribution in [3.05, 3.63) is 23.9 Å². The minimum absolute atomic E-state index is 0.127. The van der Waals surface area contributed by atoms with E-state index in [4.69, 9.17) is 19.2 Å². The normalized spacial score (nSPS) is 19.8. The van der Waals surface area contributed by atoms with E-state index in [9.17, 15) is 4.79 Å². The van der Waals surface area contributed by atoms with Crippen LogP contribution in [0.4, 0.5) is 0 Å². The van der Waals surface area contributed by atoms with Crippen LogP contribution in [0.3, 0.4) is 0 Å². The lowest BCUT2D eigenvalue weighted by atomic mass is 10.2. The van der Waals surface area contributed by atoms with Gasteiger partial charge in [-0.25, -0.2) is 9.98 Å². The van der Waals surface area contributed by atoms with E-state index >= 15 is 0 Å². The van der Waals surface area contributed by atoms with Crippen molar-refractivity contribution in [2.24, 2.45) is 4.99 Å². The van der Waals surface area contributed by atoms with E-state index < -0.39 is 0 Å². The number of ether oxygens (including phenoxy) is 3. The maximum atomic E-state index is 12.6. The number of pyridine rings is 1. The first-order chi connectivity index (χ1) is 14.7.